The molecule has 2 aromatic carbocycles. The van der Waals surface area contributed by atoms with E-state index in [2.05, 4.69) is 15.0 Å². The normalized spacial score (nSPS) is 10.7. The van der Waals surface area contributed by atoms with Gasteiger partial charge in [-0.1, -0.05) is 30.3 Å². The number of nitrogens with one attached hydrogen (secondary N) is 1. The SMILES string of the molecule is c1ccc(Oc2ccc(-c3c[nH]c4ncncc34)cc2)cc1. The Kier molecular flexibility index (Phi) is 3.05. The Morgan fingerprint density at radius 3 is 2.45 bits per heavy atom. The van der Waals surface area contributed by atoms with Crippen molar-refractivity contribution < 1.29 is 4.74 Å². The maximum absolute atomic E-state index is 5.81. The lowest BCUT2D eigenvalue weighted by molar-refractivity contribution is 0.483. The van der Waals surface area contributed by atoms with E-state index in [1.165, 1.54) is 0 Å². The van der Waals surface area contributed by atoms with Crippen LogP contribution in [0.1, 0.15) is 0 Å². The number of H-pyrrole nitrogens is 1. The minimum atomic E-state index is 0.811. The van der Waals surface area contributed by atoms with Gasteiger partial charge in [-0.25, -0.2) is 9.97 Å². The summed E-state index contributed by atoms with van der Waals surface area (Å²) in [5.74, 6) is 1.64. The van der Waals surface area contributed by atoms with E-state index >= 15 is 0 Å². The molecular weight excluding hydrogens is 274 g/mol. The maximum atomic E-state index is 5.81. The molecule has 4 rings (SSSR count). The van der Waals surface area contributed by atoms with Crippen molar-refractivity contribution in [2.24, 2.45) is 0 Å². The van der Waals surface area contributed by atoms with Crippen LogP contribution in [0.25, 0.3) is 22.2 Å². The van der Waals surface area contributed by atoms with E-state index < -0.39 is 0 Å². The summed E-state index contributed by atoms with van der Waals surface area (Å²) in [7, 11) is 0. The molecule has 0 aliphatic rings. The summed E-state index contributed by atoms with van der Waals surface area (Å²) >= 11 is 0. The molecule has 0 unspecified atom stereocenters. The van der Waals surface area contributed by atoms with Gasteiger partial charge in [-0.2, -0.15) is 0 Å². The second-order valence-electron chi connectivity index (χ2n) is 4.93. The van der Waals surface area contributed by atoms with Crippen LogP contribution in [-0.2, 0) is 0 Å². The highest BCUT2D eigenvalue weighted by Crippen LogP contribution is 2.29. The fourth-order valence-electron chi connectivity index (χ4n) is 2.43. The largest absolute Gasteiger partial charge is 0.457 e. The number of para-hydroxylation sites is 1. The molecule has 22 heavy (non-hydrogen) atoms. The topological polar surface area (TPSA) is 50.8 Å². The van der Waals surface area contributed by atoms with E-state index in [0.717, 1.165) is 33.7 Å². The first-order chi connectivity index (χ1) is 10.9. The van der Waals surface area contributed by atoms with Crippen LogP contribution < -0.4 is 4.74 Å². The van der Waals surface area contributed by atoms with E-state index in [-0.39, 0.29) is 0 Å². The van der Waals surface area contributed by atoms with Crippen molar-refractivity contribution in [3.8, 4) is 22.6 Å². The van der Waals surface area contributed by atoms with E-state index in [4.69, 9.17) is 4.74 Å². The Bertz CT molecular complexity index is 898. The standard InChI is InChI=1S/C18H13N3O/c1-2-4-14(5-3-1)22-15-8-6-13(7-9-15)16-11-20-18-17(16)10-19-12-21-18/h1-12H,(H,19,20,21). The molecule has 2 heterocycles. The first kappa shape index (κ1) is 12.6. The molecule has 0 fully saturated rings. The number of aromatic nitrogens is 3. The van der Waals surface area contributed by atoms with Gasteiger partial charge in [-0.05, 0) is 29.8 Å². The molecule has 0 aliphatic heterocycles. The Morgan fingerprint density at radius 2 is 1.64 bits per heavy atom. The van der Waals surface area contributed by atoms with Gasteiger partial charge in [0.2, 0.25) is 0 Å². The predicted octanol–water partition coefficient (Wildman–Crippen LogP) is 4.42. The van der Waals surface area contributed by atoms with Crippen molar-refractivity contribution in [3.05, 3.63) is 73.3 Å². The summed E-state index contributed by atoms with van der Waals surface area (Å²) in [6, 6.07) is 17.7. The molecular formula is C18H13N3O. The van der Waals surface area contributed by atoms with Crippen molar-refractivity contribution in [1.29, 1.82) is 0 Å². The number of aromatic amines is 1. The Balaban J connectivity index is 1.64. The first-order valence-corrected chi connectivity index (χ1v) is 7.00. The number of fused-ring (bicyclic) bond motifs is 1. The average Bonchev–Trinajstić information content (AvgIpc) is 3.01. The monoisotopic (exact) mass is 287 g/mol. The summed E-state index contributed by atoms with van der Waals surface area (Å²) in [6.45, 7) is 0. The van der Waals surface area contributed by atoms with E-state index in [0.29, 0.717) is 0 Å². The highest BCUT2D eigenvalue weighted by atomic mass is 16.5. The van der Waals surface area contributed by atoms with Crippen LogP contribution in [0.5, 0.6) is 11.5 Å². The predicted molar refractivity (Wildman–Crippen MR) is 85.8 cm³/mol. The van der Waals surface area contributed by atoms with Gasteiger partial charge in [0.05, 0.1) is 0 Å². The summed E-state index contributed by atoms with van der Waals surface area (Å²) in [6.07, 6.45) is 5.31. The Morgan fingerprint density at radius 1 is 0.864 bits per heavy atom. The number of nitrogens with zero attached hydrogens (tertiary/aromatic N) is 2. The van der Waals surface area contributed by atoms with Crippen molar-refractivity contribution in [2.45, 2.75) is 0 Å². The molecule has 0 radical (unpaired) electrons. The zero-order chi connectivity index (χ0) is 14.8. The van der Waals surface area contributed by atoms with Crippen LogP contribution in [0.15, 0.2) is 73.3 Å². The summed E-state index contributed by atoms with van der Waals surface area (Å²) < 4.78 is 5.81. The van der Waals surface area contributed by atoms with Crippen molar-refractivity contribution >= 4 is 11.0 Å². The molecule has 0 bridgehead atoms. The molecule has 0 atom stereocenters. The van der Waals surface area contributed by atoms with Gasteiger partial charge in [0, 0.05) is 23.3 Å². The average molecular weight is 287 g/mol. The number of benzene rings is 2. The molecule has 0 spiro atoms. The number of rotatable bonds is 3. The van der Waals surface area contributed by atoms with Gasteiger partial charge in [0.15, 0.2) is 0 Å². The summed E-state index contributed by atoms with van der Waals surface area (Å²) in [5.41, 5.74) is 3.03. The second-order valence-corrected chi connectivity index (χ2v) is 4.93. The van der Waals surface area contributed by atoms with Crippen LogP contribution in [0.3, 0.4) is 0 Å². The van der Waals surface area contributed by atoms with Crippen LogP contribution in [-0.4, -0.2) is 15.0 Å². The third kappa shape index (κ3) is 2.31. The van der Waals surface area contributed by atoms with Gasteiger partial charge in [0.1, 0.15) is 23.5 Å². The molecule has 4 aromatic rings. The lowest BCUT2D eigenvalue weighted by Crippen LogP contribution is -1.84. The fraction of sp³-hybridized carbons (Fsp3) is 0. The Hall–Kier alpha value is -3.14. The van der Waals surface area contributed by atoms with Crippen molar-refractivity contribution in [2.75, 3.05) is 0 Å². The second kappa shape index (κ2) is 5.33. The van der Waals surface area contributed by atoms with Gasteiger partial charge in [-0.15, -0.1) is 0 Å². The van der Waals surface area contributed by atoms with Gasteiger partial charge < -0.3 is 9.72 Å². The molecule has 4 heteroatoms. The quantitative estimate of drug-likeness (QED) is 0.607. The molecule has 1 N–H and O–H groups in total. The smallest absolute Gasteiger partial charge is 0.141 e. The molecule has 0 amide bonds. The summed E-state index contributed by atoms with van der Waals surface area (Å²) in [5, 5.41) is 1.01. The van der Waals surface area contributed by atoms with E-state index in [9.17, 15) is 0 Å². The van der Waals surface area contributed by atoms with Crippen molar-refractivity contribution in [3.63, 3.8) is 0 Å². The highest BCUT2D eigenvalue weighted by Gasteiger charge is 2.07. The molecule has 0 aliphatic carbocycles. The Labute approximate surface area is 127 Å². The number of hydrogen-bond donors (Lipinski definition) is 1. The molecule has 0 saturated carbocycles. The van der Waals surface area contributed by atoms with Gasteiger partial charge >= 0.3 is 0 Å². The molecule has 0 saturated heterocycles. The lowest BCUT2D eigenvalue weighted by Gasteiger charge is -2.06. The van der Waals surface area contributed by atoms with Crippen LogP contribution in [0.2, 0.25) is 0 Å². The number of ether oxygens (including phenoxy) is 1. The third-order valence-electron chi connectivity index (χ3n) is 3.50. The molecule has 2 aromatic heterocycles. The minimum absolute atomic E-state index is 0.811. The van der Waals surface area contributed by atoms with Crippen molar-refractivity contribution in [1.82, 2.24) is 15.0 Å². The molecule has 106 valence electrons. The lowest BCUT2D eigenvalue weighted by atomic mass is 10.1. The van der Waals surface area contributed by atoms with E-state index in [1.54, 1.807) is 6.33 Å². The summed E-state index contributed by atoms with van der Waals surface area (Å²) in [4.78, 5) is 11.5. The van der Waals surface area contributed by atoms with Crippen LogP contribution in [0.4, 0.5) is 0 Å². The highest BCUT2D eigenvalue weighted by molar-refractivity contribution is 5.92. The number of hydrogen-bond acceptors (Lipinski definition) is 3. The van der Waals surface area contributed by atoms with Crippen LogP contribution >= 0.6 is 0 Å². The molecule has 4 nitrogen and oxygen atoms in total. The van der Waals surface area contributed by atoms with E-state index in [1.807, 2.05) is 67.0 Å². The minimum Gasteiger partial charge on any atom is -0.457 e. The van der Waals surface area contributed by atoms with Crippen LogP contribution in [0, 0.1) is 0 Å². The van der Waals surface area contributed by atoms with Gasteiger partial charge in [-0.3, -0.25) is 0 Å². The fourth-order valence-corrected chi connectivity index (χ4v) is 2.43. The third-order valence-corrected chi connectivity index (χ3v) is 3.50. The first-order valence-electron chi connectivity index (χ1n) is 7.00. The van der Waals surface area contributed by atoms with Gasteiger partial charge in [0.25, 0.3) is 0 Å². The zero-order valence-electron chi connectivity index (χ0n) is 11.7. The zero-order valence-corrected chi connectivity index (χ0v) is 11.7. The maximum Gasteiger partial charge on any atom is 0.141 e.